The van der Waals surface area contributed by atoms with E-state index in [0.29, 0.717) is 11.3 Å². The van der Waals surface area contributed by atoms with Gasteiger partial charge in [-0.1, -0.05) is 50.2 Å². The Morgan fingerprint density at radius 3 is 2.18 bits per heavy atom. The first-order valence-corrected chi connectivity index (χ1v) is 13.8. The third-order valence-corrected chi connectivity index (χ3v) is 7.84. The second kappa shape index (κ2) is 12.8. The van der Waals surface area contributed by atoms with Gasteiger partial charge in [-0.25, -0.2) is 8.42 Å². The molecule has 0 spiro atoms. The van der Waals surface area contributed by atoms with Crippen LogP contribution in [-0.4, -0.2) is 59.2 Å². The van der Waals surface area contributed by atoms with Crippen molar-refractivity contribution < 1.29 is 28.5 Å². The molecule has 0 unspecified atom stereocenters. The van der Waals surface area contributed by atoms with Crippen LogP contribution in [0, 0.1) is 5.92 Å². The van der Waals surface area contributed by atoms with Gasteiger partial charge in [-0.3, -0.25) is 4.79 Å². The molecule has 0 radical (unpaired) electrons. The van der Waals surface area contributed by atoms with Gasteiger partial charge >= 0.3 is 0 Å². The maximum atomic E-state index is 13.5. The molecule has 204 valence electrons. The van der Waals surface area contributed by atoms with Crippen LogP contribution in [0.5, 0.6) is 11.5 Å². The van der Waals surface area contributed by atoms with Crippen molar-refractivity contribution >= 4 is 21.6 Å². The van der Waals surface area contributed by atoms with Gasteiger partial charge < -0.3 is 26.4 Å². The highest BCUT2D eigenvalue weighted by Gasteiger charge is 2.31. The van der Waals surface area contributed by atoms with E-state index in [-0.39, 0.29) is 48.2 Å². The average molecular weight is 542 g/mol. The van der Waals surface area contributed by atoms with Gasteiger partial charge in [-0.15, -0.1) is 0 Å². The van der Waals surface area contributed by atoms with Gasteiger partial charge in [0.25, 0.3) is 0 Å². The molecule has 0 aliphatic rings. The number of rotatable bonds is 12. The number of nitrogens with one attached hydrogen (secondary N) is 1. The summed E-state index contributed by atoms with van der Waals surface area (Å²) >= 11 is 0. The smallest absolute Gasteiger partial charge is 0.243 e. The van der Waals surface area contributed by atoms with Crippen LogP contribution in [0.1, 0.15) is 25.0 Å². The molecule has 6 N–H and O–H groups in total. The lowest BCUT2D eigenvalue weighted by atomic mass is 10.00. The highest BCUT2D eigenvalue weighted by Crippen LogP contribution is 2.25. The fraction of sp³-hybridized carbons (Fsp3) is 0.321. The molecule has 1 amide bonds. The summed E-state index contributed by atoms with van der Waals surface area (Å²) in [7, 11) is -3.95. The van der Waals surface area contributed by atoms with Gasteiger partial charge in [0.05, 0.1) is 23.5 Å². The minimum absolute atomic E-state index is 0.0184. The van der Waals surface area contributed by atoms with Crippen molar-refractivity contribution in [3.63, 3.8) is 0 Å². The summed E-state index contributed by atoms with van der Waals surface area (Å²) in [5.41, 5.74) is 7.49. The molecular weight excluding hydrogens is 506 g/mol. The molecular formula is C28H35N3O6S. The predicted molar refractivity (Wildman–Crippen MR) is 146 cm³/mol. The van der Waals surface area contributed by atoms with Crippen molar-refractivity contribution in [1.82, 2.24) is 9.62 Å². The fourth-order valence-electron chi connectivity index (χ4n) is 4.08. The molecule has 0 saturated carbocycles. The molecule has 0 aliphatic heterocycles. The number of benzene rings is 3. The Labute approximate surface area is 223 Å². The van der Waals surface area contributed by atoms with Crippen LogP contribution in [-0.2, 0) is 27.7 Å². The van der Waals surface area contributed by atoms with E-state index in [0.717, 1.165) is 5.56 Å². The van der Waals surface area contributed by atoms with Crippen LogP contribution in [0.3, 0.4) is 0 Å². The highest BCUT2D eigenvalue weighted by atomic mass is 32.2. The maximum Gasteiger partial charge on any atom is 0.243 e. The minimum Gasteiger partial charge on any atom is -0.504 e. The van der Waals surface area contributed by atoms with Gasteiger partial charge in [0.15, 0.2) is 11.5 Å². The van der Waals surface area contributed by atoms with Gasteiger partial charge in [-0.2, -0.15) is 4.31 Å². The SMILES string of the molecule is CC(C)CN(C[C@@H](O)[C@H](Cc1ccccc1)NC(=O)Cc1ccc(O)c(O)c1)S(=O)(=O)c1ccc(N)cc1. The predicted octanol–water partition coefficient (Wildman–Crippen LogP) is 2.66. The quantitative estimate of drug-likeness (QED) is 0.175. The molecule has 9 nitrogen and oxygen atoms in total. The molecule has 0 aromatic heterocycles. The molecule has 0 heterocycles. The molecule has 0 fully saturated rings. The van der Waals surface area contributed by atoms with Gasteiger partial charge in [0.1, 0.15) is 0 Å². The summed E-state index contributed by atoms with van der Waals surface area (Å²) in [6, 6.07) is 18.5. The van der Waals surface area contributed by atoms with Gasteiger partial charge in [0, 0.05) is 18.8 Å². The van der Waals surface area contributed by atoms with Gasteiger partial charge in [-0.05, 0) is 59.9 Å². The zero-order valence-electron chi connectivity index (χ0n) is 21.5. The summed E-state index contributed by atoms with van der Waals surface area (Å²) in [6.45, 7) is 3.70. The molecule has 3 rings (SSSR count). The lowest BCUT2D eigenvalue weighted by Gasteiger charge is -2.31. The topological polar surface area (TPSA) is 153 Å². The van der Waals surface area contributed by atoms with E-state index in [9.17, 15) is 28.5 Å². The monoisotopic (exact) mass is 541 g/mol. The van der Waals surface area contributed by atoms with E-state index in [4.69, 9.17) is 5.73 Å². The van der Waals surface area contributed by atoms with E-state index in [2.05, 4.69) is 5.32 Å². The first kappa shape index (κ1) is 29.0. The first-order chi connectivity index (χ1) is 18.0. The number of amides is 1. The fourth-order valence-corrected chi connectivity index (χ4v) is 5.70. The third-order valence-electron chi connectivity index (χ3n) is 5.99. The number of phenolic OH excluding ortho intramolecular Hbond substituents is 2. The number of phenols is 2. The molecule has 38 heavy (non-hydrogen) atoms. The molecule has 2 atom stereocenters. The highest BCUT2D eigenvalue weighted by molar-refractivity contribution is 7.89. The number of sulfonamides is 1. The normalized spacial score (nSPS) is 13.4. The summed E-state index contributed by atoms with van der Waals surface area (Å²) in [6.07, 6.45) is -1.06. The Bertz CT molecular complexity index is 1310. The zero-order valence-corrected chi connectivity index (χ0v) is 22.3. The zero-order chi connectivity index (χ0) is 27.9. The van der Waals surface area contributed by atoms with Crippen LogP contribution in [0.25, 0.3) is 0 Å². The van der Waals surface area contributed by atoms with Crippen LogP contribution >= 0.6 is 0 Å². The van der Waals surface area contributed by atoms with Crippen molar-refractivity contribution in [2.24, 2.45) is 5.92 Å². The van der Waals surface area contributed by atoms with Crippen molar-refractivity contribution in [3.8, 4) is 11.5 Å². The Morgan fingerprint density at radius 1 is 0.921 bits per heavy atom. The second-order valence-corrected chi connectivity index (χ2v) is 11.7. The number of hydrogen-bond donors (Lipinski definition) is 5. The number of carbonyl (C=O) groups is 1. The molecule has 0 aliphatic carbocycles. The van der Waals surface area contributed by atoms with E-state index in [1.54, 1.807) is 0 Å². The number of aliphatic hydroxyl groups is 1. The molecule has 3 aromatic rings. The average Bonchev–Trinajstić information content (AvgIpc) is 2.86. The Kier molecular flexibility index (Phi) is 9.73. The Hall–Kier alpha value is -3.60. The molecule has 0 saturated heterocycles. The number of nitrogens with two attached hydrogens (primary N) is 1. The number of hydrogen-bond acceptors (Lipinski definition) is 7. The van der Waals surface area contributed by atoms with Crippen LogP contribution in [0.2, 0.25) is 0 Å². The van der Waals surface area contributed by atoms with E-state index < -0.39 is 28.1 Å². The largest absolute Gasteiger partial charge is 0.504 e. The summed E-state index contributed by atoms with van der Waals surface area (Å²) in [5, 5.41) is 33.4. The minimum atomic E-state index is -3.95. The Balaban J connectivity index is 1.84. The second-order valence-electron chi connectivity index (χ2n) is 9.72. The lowest BCUT2D eigenvalue weighted by molar-refractivity contribution is -0.122. The number of nitrogen functional groups attached to an aromatic ring is 1. The van der Waals surface area contributed by atoms with Crippen LogP contribution < -0.4 is 11.1 Å². The van der Waals surface area contributed by atoms with Crippen LogP contribution in [0.15, 0.2) is 77.7 Å². The van der Waals surface area contributed by atoms with Crippen molar-refractivity contribution in [2.45, 2.75) is 43.7 Å². The van der Waals surface area contributed by atoms with E-state index >= 15 is 0 Å². The van der Waals surface area contributed by atoms with Crippen molar-refractivity contribution in [3.05, 3.63) is 83.9 Å². The van der Waals surface area contributed by atoms with Crippen molar-refractivity contribution in [2.75, 3.05) is 18.8 Å². The number of anilines is 1. The first-order valence-electron chi connectivity index (χ1n) is 12.3. The lowest BCUT2D eigenvalue weighted by Crippen LogP contribution is -2.51. The molecule has 3 aromatic carbocycles. The number of carbonyl (C=O) groups excluding carboxylic acids is 1. The Morgan fingerprint density at radius 2 is 1.58 bits per heavy atom. The summed E-state index contributed by atoms with van der Waals surface area (Å²) < 4.78 is 28.2. The van der Waals surface area contributed by atoms with Gasteiger partial charge in [0.2, 0.25) is 15.9 Å². The van der Waals surface area contributed by atoms with Crippen molar-refractivity contribution in [1.29, 1.82) is 0 Å². The maximum absolute atomic E-state index is 13.5. The summed E-state index contributed by atoms with van der Waals surface area (Å²) in [4.78, 5) is 13.0. The van der Waals surface area contributed by atoms with E-state index in [1.807, 2.05) is 44.2 Å². The third kappa shape index (κ3) is 7.95. The van der Waals surface area contributed by atoms with Crippen LogP contribution in [0.4, 0.5) is 5.69 Å². The number of aromatic hydroxyl groups is 2. The molecule has 10 heteroatoms. The molecule has 0 bridgehead atoms. The number of nitrogens with zero attached hydrogens (tertiary/aromatic N) is 1. The number of aliphatic hydroxyl groups excluding tert-OH is 1. The summed E-state index contributed by atoms with van der Waals surface area (Å²) in [5.74, 6) is -1.07. The standard InChI is InChI=1S/C28H35N3O6S/c1-19(2)17-31(38(36,37)23-11-9-22(29)10-12-23)18-27(34)24(14-20-6-4-3-5-7-20)30-28(35)16-21-8-13-25(32)26(33)15-21/h3-13,15,19,24,27,32-34H,14,16-18,29H2,1-2H3,(H,30,35)/t24-,27+/m0/s1. The van der Waals surface area contributed by atoms with E-state index in [1.165, 1.54) is 46.8 Å².